The van der Waals surface area contributed by atoms with E-state index < -0.39 is 0 Å². The lowest BCUT2D eigenvalue weighted by atomic mass is 10.0. The molecule has 0 heterocycles. The third kappa shape index (κ3) is 2.45. The molecule has 2 aromatic rings. The summed E-state index contributed by atoms with van der Waals surface area (Å²) in [5, 5.41) is 3.06. The Bertz CT molecular complexity index is 760. The molecule has 0 fully saturated rings. The Labute approximate surface area is 130 Å². The molecular weight excluding hydrogens is 270 g/mol. The van der Waals surface area contributed by atoms with Crippen molar-refractivity contribution in [1.82, 2.24) is 0 Å². The zero-order chi connectivity index (χ0) is 14.9. The zero-order valence-electron chi connectivity index (χ0n) is 12.5. The number of rotatable bonds is 3. The summed E-state index contributed by atoms with van der Waals surface area (Å²) in [6, 6.07) is 14.8. The summed E-state index contributed by atoms with van der Waals surface area (Å²) >= 11 is 0. The molecule has 1 atom stereocenters. The van der Waals surface area contributed by atoms with E-state index >= 15 is 0 Å². The number of hydrogen-bond acceptors (Lipinski definition) is 1. The summed E-state index contributed by atoms with van der Waals surface area (Å²) in [7, 11) is 0. The first-order valence-electron chi connectivity index (χ1n) is 7.97. The van der Waals surface area contributed by atoms with E-state index in [1.165, 1.54) is 22.3 Å². The molecule has 0 bridgehead atoms. The van der Waals surface area contributed by atoms with Crippen LogP contribution in [0.4, 0.5) is 5.69 Å². The molecule has 2 aliphatic carbocycles. The molecule has 2 aromatic carbocycles. The number of benzene rings is 2. The third-order valence-corrected chi connectivity index (χ3v) is 4.64. The fourth-order valence-corrected chi connectivity index (χ4v) is 3.52. The highest BCUT2D eigenvalue weighted by atomic mass is 16.1. The Morgan fingerprint density at radius 1 is 1.09 bits per heavy atom. The minimum Gasteiger partial charge on any atom is -0.326 e. The molecule has 1 amide bonds. The molecule has 0 aliphatic heterocycles. The Balaban J connectivity index is 1.53. The lowest BCUT2D eigenvalue weighted by molar-refractivity contribution is -0.116. The Kier molecular flexibility index (Phi) is 3.30. The minimum atomic E-state index is 0.114. The van der Waals surface area contributed by atoms with Crippen molar-refractivity contribution in [2.45, 2.75) is 25.7 Å². The van der Waals surface area contributed by atoms with E-state index in [4.69, 9.17) is 0 Å². The van der Waals surface area contributed by atoms with Gasteiger partial charge in [0.25, 0.3) is 0 Å². The molecule has 2 aliphatic rings. The largest absolute Gasteiger partial charge is 0.326 e. The maximum atomic E-state index is 12.2. The van der Waals surface area contributed by atoms with E-state index in [9.17, 15) is 4.79 Å². The Morgan fingerprint density at radius 3 is 2.82 bits per heavy atom. The maximum absolute atomic E-state index is 12.2. The van der Waals surface area contributed by atoms with Crippen LogP contribution < -0.4 is 5.32 Å². The van der Waals surface area contributed by atoms with Gasteiger partial charge < -0.3 is 5.32 Å². The highest BCUT2D eigenvalue weighted by molar-refractivity contribution is 5.92. The molecule has 0 saturated carbocycles. The number of nitrogens with one attached hydrogen (secondary N) is 1. The van der Waals surface area contributed by atoms with Crippen molar-refractivity contribution in [3.63, 3.8) is 0 Å². The molecule has 1 N–H and O–H groups in total. The van der Waals surface area contributed by atoms with Crippen molar-refractivity contribution in [3.8, 4) is 11.1 Å². The van der Waals surface area contributed by atoms with Crippen molar-refractivity contribution in [2.75, 3.05) is 5.32 Å². The first-order chi connectivity index (χ1) is 10.8. The monoisotopic (exact) mass is 289 g/mol. The fraction of sp³-hybridized carbons (Fsp3) is 0.250. The zero-order valence-corrected chi connectivity index (χ0v) is 12.5. The first kappa shape index (κ1) is 13.3. The number of fused-ring (bicyclic) bond motifs is 3. The van der Waals surface area contributed by atoms with Crippen molar-refractivity contribution in [2.24, 2.45) is 5.92 Å². The van der Waals surface area contributed by atoms with Gasteiger partial charge in [0.05, 0.1) is 0 Å². The van der Waals surface area contributed by atoms with Gasteiger partial charge in [0.2, 0.25) is 5.91 Å². The standard InChI is InChI=1S/C20H19NO/c22-20(11-14-5-1-2-6-14)21-17-10-9-16-12-15-7-3-4-8-18(15)19(16)13-17/h1,3-5,7-10,13-14H,2,6,11-12H2,(H,21,22)/t14-/m1/s1. The Hall–Kier alpha value is -2.35. The summed E-state index contributed by atoms with van der Waals surface area (Å²) in [5.41, 5.74) is 6.18. The van der Waals surface area contributed by atoms with Crippen LogP contribution in [0.1, 0.15) is 30.4 Å². The van der Waals surface area contributed by atoms with Crippen LogP contribution in [0.3, 0.4) is 0 Å². The summed E-state index contributed by atoms with van der Waals surface area (Å²) in [4.78, 5) is 12.2. The van der Waals surface area contributed by atoms with E-state index in [0.717, 1.165) is 24.9 Å². The second kappa shape index (κ2) is 5.45. The summed E-state index contributed by atoms with van der Waals surface area (Å²) in [6.45, 7) is 0. The van der Waals surface area contributed by atoms with Gasteiger partial charge in [0.15, 0.2) is 0 Å². The normalized spacial score (nSPS) is 18.1. The minimum absolute atomic E-state index is 0.114. The number of hydrogen-bond donors (Lipinski definition) is 1. The topological polar surface area (TPSA) is 29.1 Å². The second-order valence-electron chi connectivity index (χ2n) is 6.22. The van der Waals surface area contributed by atoms with Gasteiger partial charge >= 0.3 is 0 Å². The van der Waals surface area contributed by atoms with Gasteiger partial charge in [0, 0.05) is 12.1 Å². The number of carbonyl (C=O) groups excluding carboxylic acids is 1. The van der Waals surface area contributed by atoms with Crippen LogP contribution in [-0.4, -0.2) is 5.91 Å². The van der Waals surface area contributed by atoms with Gasteiger partial charge in [-0.1, -0.05) is 42.5 Å². The smallest absolute Gasteiger partial charge is 0.224 e. The molecule has 0 radical (unpaired) electrons. The molecule has 0 unspecified atom stereocenters. The van der Waals surface area contributed by atoms with Gasteiger partial charge in [-0.3, -0.25) is 4.79 Å². The quantitative estimate of drug-likeness (QED) is 0.704. The number of carbonyl (C=O) groups is 1. The number of allylic oxidation sites excluding steroid dienone is 2. The molecular formula is C20H19NO. The highest BCUT2D eigenvalue weighted by Gasteiger charge is 2.19. The first-order valence-corrected chi connectivity index (χ1v) is 7.97. The molecule has 2 heteroatoms. The van der Waals surface area contributed by atoms with Crippen molar-refractivity contribution < 1.29 is 4.79 Å². The second-order valence-corrected chi connectivity index (χ2v) is 6.22. The van der Waals surface area contributed by atoms with Gasteiger partial charge in [-0.15, -0.1) is 0 Å². The van der Waals surface area contributed by atoms with Gasteiger partial charge in [-0.2, -0.15) is 0 Å². The molecule has 0 spiro atoms. The predicted molar refractivity (Wildman–Crippen MR) is 89.8 cm³/mol. The summed E-state index contributed by atoms with van der Waals surface area (Å²) < 4.78 is 0. The van der Waals surface area contributed by atoms with Crippen LogP contribution in [-0.2, 0) is 11.2 Å². The van der Waals surface area contributed by atoms with Crippen LogP contribution in [0.5, 0.6) is 0 Å². The SMILES string of the molecule is O=C(C[C@@H]1C=CCC1)Nc1ccc2c(c1)-c1ccccc1C2. The summed E-state index contributed by atoms with van der Waals surface area (Å²) in [6.07, 6.45) is 8.12. The predicted octanol–water partition coefficient (Wildman–Crippen LogP) is 4.55. The van der Waals surface area contributed by atoms with Crippen LogP contribution in [0.2, 0.25) is 0 Å². The number of amides is 1. The van der Waals surface area contributed by atoms with Crippen LogP contribution >= 0.6 is 0 Å². The lowest BCUT2D eigenvalue weighted by Crippen LogP contribution is -2.14. The van der Waals surface area contributed by atoms with Crippen LogP contribution in [0.15, 0.2) is 54.6 Å². The van der Waals surface area contributed by atoms with E-state index in [-0.39, 0.29) is 5.91 Å². The Morgan fingerprint density at radius 2 is 1.95 bits per heavy atom. The summed E-state index contributed by atoms with van der Waals surface area (Å²) in [5.74, 6) is 0.526. The van der Waals surface area contributed by atoms with E-state index in [2.05, 4.69) is 53.9 Å². The highest BCUT2D eigenvalue weighted by Crippen LogP contribution is 2.37. The van der Waals surface area contributed by atoms with Gasteiger partial charge in [0.1, 0.15) is 0 Å². The number of anilines is 1. The van der Waals surface area contributed by atoms with E-state index in [1.807, 2.05) is 6.07 Å². The molecule has 22 heavy (non-hydrogen) atoms. The average molecular weight is 289 g/mol. The average Bonchev–Trinajstić information content (AvgIpc) is 3.14. The maximum Gasteiger partial charge on any atom is 0.224 e. The van der Waals surface area contributed by atoms with Crippen LogP contribution in [0, 0.1) is 5.92 Å². The molecule has 110 valence electrons. The van der Waals surface area contributed by atoms with Crippen molar-refractivity contribution in [1.29, 1.82) is 0 Å². The fourth-order valence-electron chi connectivity index (χ4n) is 3.52. The third-order valence-electron chi connectivity index (χ3n) is 4.64. The van der Waals surface area contributed by atoms with E-state index in [1.54, 1.807) is 0 Å². The molecule has 2 nitrogen and oxygen atoms in total. The van der Waals surface area contributed by atoms with Gasteiger partial charge in [-0.25, -0.2) is 0 Å². The van der Waals surface area contributed by atoms with Crippen molar-refractivity contribution >= 4 is 11.6 Å². The lowest BCUT2D eigenvalue weighted by Gasteiger charge is -2.10. The van der Waals surface area contributed by atoms with Crippen LogP contribution in [0.25, 0.3) is 11.1 Å². The molecule has 0 aromatic heterocycles. The molecule has 0 saturated heterocycles. The van der Waals surface area contributed by atoms with Crippen molar-refractivity contribution in [3.05, 3.63) is 65.7 Å². The van der Waals surface area contributed by atoms with E-state index in [0.29, 0.717) is 12.3 Å². The van der Waals surface area contributed by atoms with Gasteiger partial charge in [-0.05, 0) is 59.6 Å². The molecule has 4 rings (SSSR count).